The van der Waals surface area contributed by atoms with Crippen LogP contribution in [-0.2, 0) is 14.8 Å². The van der Waals surface area contributed by atoms with Crippen LogP contribution in [0.4, 0.5) is 5.69 Å². The van der Waals surface area contributed by atoms with Gasteiger partial charge in [0.25, 0.3) is 0 Å². The van der Waals surface area contributed by atoms with Crippen LogP contribution in [0.3, 0.4) is 0 Å². The average molecular weight is 422 g/mol. The highest BCUT2D eigenvalue weighted by molar-refractivity contribution is 7.89. The fourth-order valence-electron chi connectivity index (χ4n) is 4.11. The summed E-state index contributed by atoms with van der Waals surface area (Å²) in [5.41, 5.74) is 0.607. The molecule has 7 nitrogen and oxygen atoms in total. The Bertz CT molecular complexity index is 831. The Labute approximate surface area is 173 Å². The van der Waals surface area contributed by atoms with Crippen molar-refractivity contribution >= 4 is 21.6 Å². The van der Waals surface area contributed by atoms with Gasteiger partial charge in [0, 0.05) is 24.8 Å². The van der Waals surface area contributed by atoms with Crippen LogP contribution >= 0.6 is 0 Å². The van der Waals surface area contributed by atoms with E-state index in [0.29, 0.717) is 49.0 Å². The highest BCUT2D eigenvalue weighted by Gasteiger charge is 2.42. The first-order valence-corrected chi connectivity index (χ1v) is 12.2. The number of nitrogens with zero attached hydrogens (tertiary/aromatic N) is 1. The third-order valence-electron chi connectivity index (χ3n) is 5.97. The molecular formula is C21H31N3O4S. The van der Waals surface area contributed by atoms with Crippen molar-refractivity contribution in [2.45, 2.75) is 56.4 Å². The smallest absolute Gasteiger partial charge is 0.246 e. The minimum atomic E-state index is -3.61. The monoisotopic (exact) mass is 421 g/mol. The van der Waals surface area contributed by atoms with Crippen LogP contribution in [0.1, 0.15) is 45.4 Å². The molecule has 3 aliphatic rings. The molecule has 1 amide bonds. The number of carbonyl (C=O) groups is 1. The molecule has 2 saturated carbocycles. The summed E-state index contributed by atoms with van der Waals surface area (Å²) in [6, 6.07) is 5.34. The Kier molecular flexibility index (Phi) is 6.01. The highest BCUT2D eigenvalue weighted by Crippen LogP contribution is 2.44. The molecule has 2 N–H and O–H groups in total. The molecule has 2 aliphatic carbocycles. The minimum Gasteiger partial charge on any atom is -0.492 e. The van der Waals surface area contributed by atoms with Gasteiger partial charge in [0.1, 0.15) is 10.6 Å². The number of amides is 1. The van der Waals surface area contributed by atoms with Crippen molar-refractivity contribution < 1.29 is 17.9 Å². The van der Waals surface area contributed by atoms with Gasteiger partial charge in [-0.1, -0.05) is 0 Å². The van der Waals surface area contributed by atoms with E-state index in [2.05, 4.69) is 10.6 Å². The molecule has 29 heavy (non-hydrogen) atoms. The average Bonchev–Trinajstić information content (AvgIpc) is 3.64. The van der Waals surface area contributed by atoms with E-state index in [1.54, 1.807) is 18.2 Å². The van der Waals surface area contributed by atoms with Crippen LogP contribution in [0.15, 0.2) is 23.1 Å². The lowest BCUT2D eigenvalue weighted by molar-refractivity contribution is -0.120. The third kappa shape index (κ3) is 4.86. The Morgan fingerprint density at radius 1 is 1.17 bits per heavy atom. The lowest BCUT2D eigenvalue weighted by Gasteiger charge is -2.20. The quantitative estimate of drug-likeness (QED) is 0.606. The van der Waals surface area contributed by atoms with Gasteiger partial charge in [-0.25, -0.2) is 8.42 Å². The molecule has 0 atom stereocenters. The summed E-state index contributed by atoms with van der Waals surface area (Å²) in [5.74, 6) is 1.62. The number of hydrogen-bond donors (Lipinski definition) is 2. The number of sulfonamides is 1. The lowest BCUT2D eigenvalue weighted by atomic mass is 10.1. The number of benzene rings is 1. The molecule has 0 bridgehead atoms. The van der Waals surface area contributed by atoms with Crippen molar-refractivity contribution in [3.05, 3.63) is 18.2 Å². The van der Waals surface area contributed by atoms with E-state index < -0.39 is 10.0 Å². The zero-order valence-corrected chi connectivity index (χ0v) is 17.8. The van der Waals surface area contributed by atoms with Gasteiger partial charge in [-0.3, -0.25) is 4.79 Å². The first-order valence-electron chi connectivity index (χ1n) is 10.8. The van der Waals surface area contributed by atoms with E-state index in [9.17, 15) is 13.2 Å². The maximum atomic E-state index is 13.1. The molecule has 3 fully saturated rings. The topological polar surface area (TPSA) is 87.7 Å². The number of nitrogens with one attached hydrogen (secondary N) is 2. The summed E-state index contributed by atoms with van der Waals surface area (Å²) in [6.07, 6.45) is 6.61. The van der Waals surface area contributed by atoms with Gasteiger partial charge in [-0.15, -0.1) is 0 Å². The van der Waals surface area contributed by atoms with Crippen molar-refractivity contribution in [1.29, 1.82) is 0 Å². The van der Waals surface area contributed by atoms with Crippen molar-refractivity contribution in [1.82, 2.24) is 9.62 Å². The number of anilines is 1. The van der Waals surface area contributed by atoms with Crippen molar-refractivity contribution in [2.75, 3.05) is 31.6 Å². The molecule has 8 heteroatoms. The Balaban J connectivity index is 1.44. The number of carbonyl (C=O) groups excluding carboxylic acids is 1. The van der Waals surface area contributed by atoms with Gasteiger partial charge in [-0.05, 0) is 75.5 Å². The summed E-state index contributed by atoms with van der Waals surface area (Å²) in [5, 5.41) is 6.27. The second-order valence-corrected chi connectivity index (χ2v) is 10.2. The predicted octanol–water partition coefficient (Wildman–Crippen LogP) is 2.59. The van der Waals surface area contributed by atoms with E-state index >= 15 is 0 Å². The van der Waals surface area contributed by atoms with E-state index in [1.165, 1.54) is 30.0 Å². The normalized spacial score (nSPS) is 20.1. The standard InChI is InChI=1S/C21H31N3O4S/c1-2-28-18-10-9-17(13-19(18)29(26,27)24-11-3-4-12-24)22-14-20(25)23-21(15-5-6-15)16-7-8-16/h9-10,13,15-16,21-22H,2-8,11-12,14H2,1H3,(H,23,25). The van der Waals surface area contributed by atoms with Gasteiger partial charge < -0.3 is 15.4 Å². The van der Waals surface area contributed by atoms with Gasteiger partial charge in [0.15, 0.2) is 0 Å². The molecule has 1 aromatic rings. The second kappa shape index (κ2) is 8.52. The van der Waals surface area contributed by atoms with Gasteiger partial charge in [0.05, 0.1) is 13.2 Å². The molecule has 4 rings (SSSR count). The lowest BCUT2D eigenvalue weighted by Crippen LogP contribution is -2.41. The SMILES string of the molecule is CCOc1ccc(NCC(=O)NC(C2CC2)C2CC2)cc1S(=O)(=O)N1CCCC1. The van der Waals surface area contributed by atoms with Crippen LogP contribution < -0.4 is 15.4 Å². The van der Waals surface area contributed by atoms with Crippen LogP contribution in [0.25, 0.3) is 0 Å². The van der Waals surface area contributed by atoms with Gasteiger partial charge in [0.2, 0.25) is 15.9 Å². The Morgan fingerprint density at radius 3 is 2.41 bits per heavy atom. The molecule has 0 aromatic heterocycles. The van der Waals surface area contributed by atoms with E-state index in [4.69, 9.17) is 4.74 Å². The zero-order valence-electron chi connectivity index (χ0n) is 17.0. The largest absolute Gasteiger partial charge is 0.492 e. The number of ether oxygens (including phenoxy) is 1. The Hall–Kier alpha value is -1.80. The fourth-order valence-corrected chi connectivity index (χ4v) is 5.79. The molecule has 1 aromatic carbocycles. The molecule has 1 saturated heterocycles. The zero-order chi connectivity index (χ0) is 20.4. The number of rotatable bonds is 10. The summed E-state index contributed by atoms with van der Waals surface area (Å²) in [6.45, 7) is 3.43. The molecule has 0 spiro atoms. The molecule has 0 radical (unpaired) electrons. The van der Waals surface area contributed by atoms with Crippen LogP contribution in [0.5, 0.6) is 5.75 Å². The van der Waals surface area contributed by atoms with Crippen molar-refractivity contribution in [3.8, 4) is 5.75 Å². The van der Waals surface area contributed by atoms with Gasteiger partial charge >= 0.3 is 0 Å². The molecule has 160 valence electrons. The number of hydrogen-bond acceptors (Lipinski definition) is 5. The van der Waals surface area contributed by atoms with E-state index in [0.717, 1.165) is 12.8 Å². The summed E-state index contributed by atoms with van der Waals surface area (Å²) in [7, 11) is -3.61. The molecular weight excluding hydrogens is 390 g/mol. The molecule has 0 unspecified atom stereocenters. The Morgan fingerprint density at radius 2 is 1.83 bits per heavy atom. The molecule has 1 aliphatic heterocycles. The van der Waals surface area contributed by atoms with Crippen LogP contribution in [0.2, 0.25) is 0 Å². The van der Waals surface area contributed by atoms with Crippen molar-refractivity contribution in [3.63, 3.8) is 0 Å². The van der Waals surface area contributed by atoms with E-state index in [-0.39, 0.29) is 17.3 Å². The second-order valence-electron chi connectivity index (χ2n) is 8.33. The van der Waals surface area contributed by atoms with Crippen LogP contribution in [-0.4, -0.2) is 50.9 Å². The minimum absolute atomic E-state index is 0.0355. The predicted molar refractivity (Wildman–Crippen MR) is 111 cm³/mol. The first kappa shape index (κ1) is 20.5. The van der Waals surface area contributed by atoms with Crippen molar-refractivity contribution in [2.24, 2.45) is 11.8 Å². The highest BCUT2D eigenvalue weighted by atomic mass is 32.2. The summed E-state index contributed by atoms with van der Waals surface area (Å²) < 4.78 is 33.2. The summed E-state index contributed by atoms with van der Waals surface area (Å²) >= 11 is 0. The maximum Gasteiger partial charge on any atom is 0.246 e. The maximum absolute atomic E-state index is 13.1. The van der Waals surface area contributed by atoms with Crippen LogP contribution in [0, 0.1) is 11.8 Å². The summed E-state index contributed by atoms with van der Waals surface area (Å²) in [4.78, 5) is 12.6. The van der Waals surface area contributed by atoms with E-state index in [1.807, 2.05) is 6.92 Å². The first-order chi connectivity index (χ1) is 14.0. The molecule has 1 heterocycles. The third-order valence-corrected chi connectivity index (χ3v) is 7.89. The fraction of sp³-hybridized carbons (Fsp3) is 0.667. The van der Waals surface area contributed by atoms with Gasteiger partial charge in [-0.2, -0.15) is 4.31 Å².